The second kappa shape index (κ2) is 4.41. The third kappa shape index (κ3) is 2.06. The van der Waals surface area contributed by atoms with Crippen LogP contribution in [0.3, 0.4) is 0 Å². The van der Waals surface area contributed by atoms with Crippen molar-refractivity contribution < 1.29 is 9.84 Å². The van der Waals surface area contributed by atoms with Crippen LogP contribution in [-0.4, -0.2) is 22.2 Å². The Morgan fingerprint density at radius 3 is 2.59 bits per heavy atom. The van der Waals surface area contributed by atoms with Crippen LogP contribution in [-0.2, 0) is 0 Å². The lowest BCUT2D eigenvalue weighted by Crippen LogP contribution is -1.97. The number of methoxy groups -OCH3 is 1. The van der Waals surface area contributed by atoms with Gasteiger partial charge in [-0.1, -0.05) is 6.07 Å². The Morgan fingerprint density at radius 1 is 1.18 bits per heavy atom. The number of benzene rings is 1. The molecule has 0 spiro atoms. The Kier molecular flexibility index (Phi) is 2.95. The summed E-state index contributed by atoms with van der Waals surface area (Å²) in [6, 6.07) is 5.20. The molecule has 0 aliphatic heterocycles. The van der Waals surface area contributed by atoms with E-state index in [2.05, 4.69) is 9.97 Å². The van der Waals surface area contributed by atoms with E-state index >= 15 is 0 Å². The van der Waals surface area contributed by atoms with Gasteiger partial charge in [0.05, 0.1) is 18.4 Å². The Hall–Kier alpha value is -2.10. The van der Waals surface area contributed by atoms with Crippen molar-refractivity contribution in [1.82, 2.24) is 9.97 Å². The first-order valence-electron chi connectivity index (χ1n) is 5.29. The fourth-order valence-corrected chi connectivity index (χ4v) is 1.84. The molecular weight excluding hydrogens is 216 g/mol. The van der Waals surface area contributed by atoms with Crippen molar-refractivity contribution in [1.29, 1.82) is 0 Å². The maximum Gasteiger partial charge on any atom is 0.224 e. The van der Waals surface area contributed by atoms with E-state index < -0.39 is 0 Å². The van der Waals surface area contributed by atoms with E-state index in [-0.39, 0.29) is 5.75 Å². The number of aromatic nitrogens is 2. The van der Waals surface area contributed by atoms with Crippen molar-refractivity contribution in [3.8, 4) is 22.8 Å². The topological polar surface area (TPSA) is 55.2 Å². The van der Waals surface area contributed by atoms with Crippen molar-refractivity contribution in [3.63, 3.8) is 0 Å². The number of hydrogen-bond acceptors (Lipinski definition) is 4. The summed E-state index contributed by atoms with van der Waals surface area (Å²) in [7, 11) is 1.58. The predicted octanol–water partition coefficient (Wildman–Crippen LogP) is 2.47. The van der Waals surface area contributed by atoms with Gasteiger partial charge in [0, 0.05) is 0 Å². The number of aromatic hydroxyl groups is 1. The van der Waals surface area contributed by atoms with E-state index in [9.17, 15) is 5.11 Å². The molecule has 88 valence electrons. The first-order chi connectivity index (χ1) is 8.13. The molecule has 0 fully saturated rings. The molecule has 0 unspecified atom stereocenters. The lowest BCUT2D eigenvalue weighted by molar-refractivity contribution is 0.398. The molecule has 4 heteroatoms. The van der Waals surface area contributed by atoms with Crippen LogP contribution >= 0.6 is 0 Å². The summed E-state index contributed by atoms with van der Waals surface area (Å²) in [5.41, 5.74) is 3.65. The molecule has 1 N–H and O–H groups in total. The van der Waals surface area contributed by atoms with Gasteiger partial charge < -0.3 is 9.84 Å². The minimum absolute atomic E-state index is 0.250. The van der Waals surface area contributed by atoms with E-state index in [4.69, 9.17) is 4.74 Å². The fourth-order valence-electron chi connectivity index (χ4n) is 1.84. The molecule has 4 nitrogen and oxygen atoms in total. The largest absolute Gasteiger partial charge is 0.508 e. The normalized spacial score (nSPS) is 10.3. The van der Waals surface area contributed by atoms with Gasteiger partial charge in [-0.2, -0.15) is 0 Å². The highest BCUT2D eigenvalue weighted by molar-refractivity contribution is 5.74. The number of hydrogen-bond donors (Lipinski definition) is 1. The fraction of sp³-hybridized carbons (Fsp3) is 0.231. The van der Waals surface area contributed by atoms with E-state index in [0.29, 0.717) is 5.88 Å². The zero-order chi connectivity index (χ0) is 12.4. The van der Waals surface area contributed by atoms with Crippen LogP contribution < -0.4 is 4.74 Å². The number of phenols is 1. The first-order valence-corrected chi connectivity index (χ1v) is 5.29. The number of nitrogens with zero attached hydrogens (tertiary/aromatic N) is 2. The minimum atomic E-state index is 0.250. The quantitative estimate of drug-likeness (QED) is 0.861. The van der Waals surface area contributed by atoms with Gasteiger partial charge in [-0.05, 0) is 37.1 Å². The van der Waals surface area contributed by atoms with Crippen molar-refractivity contribution >= 4 is 0 Å². The molecule has 1 heterocycles. The van der Waals surface area contributed by atoms with Crippen LogP contribution in [0.1, 0.15) is 11.3 Å². The van der Waals surface area contributed by atoms with Gasteiger partial charge >= 0.3 is 0 Å². The molecule has 1 aromatic heterocycles. The third-order valence-corrected chi connectivity index (χ3v) is 2.67. The van der Waals surface area contributed by atoms with E-state index in [0.717, 1.165) is 22.4 Å². The van der Waals surface area contributed by atoms with E-state index in [1.165, 1.54) is 6.33 Å². The molecule has 0 bridgehead atoms. The number of aryl methyl sites for hydroxylation is 2. The second-order valence-electron chi connectivity index (χ2n) is 3.84. The molecule has 0 radical (unpaired) electrons. The SMILES string of the molecule is COc1ncnc(C)c1-c1ccc(O)cc1C. The van der Waals surface area contributed by atoms with Gasteiger partial charge in [0.25, 0.3) is 0 Å². The molecule has 1 aromatic carbocycles. The minimum Gasteiger partial charge on any atom is -0.508 e. The van der Waals surface area contributed by atoms with Crippen molar-refractivity contribution in [2.24, 2.45) is 0 Å². The van der Waals surface area contributed by atoms with Gasteiger partial charge in [0.2, 0.25) is 5.88 Å². The molecule has 0 aliphatic rings. The van der Waals surface area contributed by atoms with Gasteiger partial charge in [0.1, 0.15) is 12.1 Å². The zero-order valence-electron chi connectivity index (χ0n) is 10.1. The lowest BCUT2D eigenvalue weighted by atomic mass is 10.00. The number of phenolic OH excluding ortho intramolecular Hbond substituents is 1. The van der Waals surface area contributed by atoms with Crippen LogP contribution in [0.5, 0.6) is 11.6 Å². The van der Waals surface area contributed by atoms with Crippen LogP contribution in [0, 0.1) is 13.8 Å². The summed E-state index contributed by atoms with van der Waals surface area (Å²) >= 11 is 0. The summed E-state index contributed by atoms with van der Waals surface area (Å²) in [5, 5.41) is 9.42. The van der Waals surface area contributed by atoms with Crippen LogP contribution in [0.2, 0.25) is 0 Å². The van der Waals surface area contributed by atoms with Crippen molar-refractivity contribution in [2.75, 3.05) is 7.11 Å². The Morgan fingerprint density at radius 2 is 1.94 bits per heavy atom. The summed E-state index contributed by atoms with van der Waals surface area (Å²) in [4.78, 5) is 8.28. The molecule has 0 saturated heterocycles. The highest BCUT2D eigenvalue weighted by Crippen LogP contribution is 2.33. The Labute approximate surface area is 99.9 Å². The summed E-state index contributed by atoms with van der Waals surface area (Å²) in [6.45, 7) is 3.84. The predicted molar refractivity (Wildman–Crippen MR) is 65.2 cm³/mol. The molecular formula is C13H14N2O2. The molecule has 2 aromatic rings. The maximum atomic E-state index is 9.42. The van der Waals surface area contributed by atoms with Gasteiger partial charge in [0.15, 0.2) is 0 Å². The highest BCUT2D eigenvalue weighted by atomic mass is 16.5. The first kappa shape index (κ1) is 11.4. The number of ether oxygens (including phenoxy) is 1. The van der Waals surface area contributed by atoms with Gasteiger partial charge in [-0.25, -0.2) is 9.97 Å². The van der Waals surface area contributed by atoms with Crippen LogP contribution in [0.25, 0.3) is 11.1 Å². The summed E-state index contributed by atoms with van der Waals surface area (Å²) < 4.78 is 5.25. The summed E-state index contributed by atoms with van der Waals surface area (Å²) in [5.74, 6) is 0.797. The van der Waals surface area contributed by atoms with E-state index in [1.807, 2.05) is 19.9 Å². The second-order valence-corrected chi connectivity index (χ2v) is 3.84. The average molecular weight is 230 g/mol. The van der Waals surface area contributed by atoms with Gasteiger partial charge in [-0.3, -0.25) is 0 Å². The standard InChI is InChI=1S/C13H14N2O2/c1-8-6-10(16)4-5-11(8)12-9(2)14-7-15-13(12)17-3/h4-7,16H,1-3H3. The molecule has 17 heavy (non-hydrogen) atoms. The smallest absolute Gasteiger partial charge is 0.224 e. The molecule has 0 amide bonds. The highest BCUT2D eigenvalue weighted by Gasteiger charge is 2.13. The molecule has 0 atom stereocenters. The molecule has 0 aliphatic carbocycles. The molecule has 0 saturated carbocycles. The Balaban J connectivity index is 2.67. The van der Waals surface area contributed by atoms with Gasteiger partial charge in [-0.15, -0.1) is 0 Å². The van der Waals surface area contributed by atoms with Crippen molar-refractivity contribution in [2.45, 2.75) is 13.8 Å². The lowest BCUT2D eigenvalue weighted by Gasteiger charge is -2.12. The monoisotopic (exact) mass is 230 g/mol. The van der Waals surface area contributed by atoms with E-state index in [1.54, 1.807) is 19.2 Å². The molecule has 2 rings (SSSR count). The Bertz CT molecular complexity index is 553. The third-order valence-electron chi connectivity index (χ3n) is 2.67. The van der Waals surface area contributed by atoms with Crippen molar-refractivity contribution in [3.05, 3.63) is 35.8 Å². The average Bonchev–Trinajstić information content (AvgIpc) is 2.30. The summed E-state index contributed by atoms with van der Waals surface area (Å²) in [6.07, 6.45) is 1.48. The maximum absolute atomic E-state index is 9.42. The van der Waals surface area contributed by atoms with Crippen LogP contribution in [0.4, 0.5) is 0 Å². The number of rotatable bonds is 2. The van der Waals surface area contributed by atoms with Crippen LogP contribution in [0.15, 0.2) is 24.5 Å². The zero-order valence-corrected chi connectivity index (χ0v) is 10.1.